The number of non-ortho nitro benzene ring substituents is 1. The molecule has 8 nitrogen and oxygen atoms in total. The predicted octanol–water partition coefficient (Wildman–Crippen LogP) is 11.3. The second kappa shape index (κ2) is 18.9. The first kappa shape index (κ1) is 41.8. The standard InChI is InChI=1S/C54H44N6O2P2/c1-42-52(54(59(56-42)44-23-9-2-10-24-44)58-64(49-31-17-6-18-32-49,50-33-19-7-20-34-50)51-35-21-8-22-36-51)41-55-40-43-37-38-45(60(61)62)39-53(43)57-63(46-25-11-3-12-26-46,47-27-13-4-14-28-47)48-29-15-5-16-30-48/h2-39,41H,40H2,1H3. The topological polar surface area (TPSA) is 98.0 Å². The summed E-state index contributed by atoms with van der Waals surface area (Å²) in [5, 5.41) is 23.9. The lowest BCUT2D eigenvalue weighted by atomic mass is 10.1. The zero-order valence-electron chi connectivity index (χ0n) is 35.1. The van der Waals surface area contributed by atoms with Gasteiger partial charge in [0.2, 0.25) is 0 Å². The molecule has 312 valence electrons. The molecule has 0 bridgehead atoms. The van der Waals surface area contributed by atoms with Gasteiger partial charge in [-0.05, 0) is 30.7 Å². The lowest BCUT2D eigenvalue weighted by Crippen LogP contribution is -2.25. The van der Waals surface area contributed by atoms with E-state index in [0.717, 1.165) is 54.3 Å². The molecule has 0 radical (unpaired) electrons. The van der Waals surface area contributed by atoms with Crippen LogP contribution in [0.15, 0.2) is 245 Å². The van der Waals surface area contributed by atoms with Crippen molar-refractivity contribution < 1.29 is 4.92 Å². The molecule has 0 amide bonds. The van der Waals surface area contributed by atoms with Crippen molar-refractivity contribution in [3.8, 4) is 5.69 Å². The lowest BCUT2D eigenvalue weighted by molar-refractivity contribution is -0.384. The van der Waals surface area contributed by atoms with Crippen molar-refractivity contribution in [1.29, 1.82) is 0 Å². The van der Waals surface area contributed by atoms with Gasteiger partial charge < -0.3 is 0 Å². The molecule has 0 aliphatic heterocycles. The van der Waals surface area contributed by atoms with Gasteiger partial charge in [0.1, 0.15) is 0 Å². The van der Waals surface area contributed by atoms with Crippen molar-refractivity contribution in [2.75, 3.05) is 0 Å². The molecule has 0 aliphatic rings. The maximum atomic E-state index is 12.4. The summed E-state index contributed by atoms with van der Waals surface area (Å²) in [7, 11) is -5.51. The summed E-state index contributed by atoms with van der Waals surface area (Å²) in [6.45, 7) is 2.18. The smallest absolute Gasteiger partial charge is 0.271 e. The van der Waals surface area contributed by atoms with E-state index < -0.39 is 14.1 Å². The molecule has 0 N–H and O–H groups in total. The van der Waals surface area contributed by atoms with Gasteiger partial charge in [0, 0.05) is 50.2 Å². The number of nitrogens with zero attached hydrogens (tertiary/aromatic N) is 6. The molecule has 0 unspecified atom stereocenters. The highest BCUT2D eigenvalue weighted by atomic mass is 31.2. The van der Waals surface area contributed by atoms with Crippen LogP contribution in [0, 0.1) is 17.0 Å². The Bertz CT molecular complexity index is 2960. The van der Waals surface area contributed by atoms with E-state index in [4.69, 9.17) is 19.6 Å². The van der Waals surface area contributed by atoms with Gasteiger partial charge in [-0.3, -0.25) is 19.9 Å². The van der Waals surface area contributed by atoms with Crippen LogP contribution >= 0.6 is 14.1 Å². The third-order valence-corrected chi connectivity index (χ3v) is 18.4. The third-order valence-electron chi connectivity index (χ3n) is 11.1. The summed E-state index contributed by atoms with van der Waals surface area (Å²) in [5.74, 6) is 0.674. The third kappa shape index (κ3) is 8.25. The average molecular weight is 871 g/mol. The van der Waals surface area contributed by atoms with Crippen LogP contribution < -0.4 is 31.8 Å². The summed E-state index contributed by atoms with van der Waals surface area (Å²) in [4.78, 5) is 17.1. The fourth-order valence-corrected chi connectivity index (χ4v) is 15.1. The number of benzene rings is 8. The molecular formula is C54H44N6O2P2. The van der Waals surface area contributed by atoms with Crippen LogP contribution in [0.3, 0.4) is 0 Å². The lowest BCUT2D eigenvalue weighted by Gasteiger charge is -2.27. The maximum Gasteiger partial charge on any atom is 0.271 e. The highest BCUT2D eigenvalue weighted by Gasteiger charge is 2.31. The highest BCUT2D eigenvalue weighted by molar-refractivity contribution is 7.88. The molecule has 0 atom stereocenters. The molecule has 0 saturated heterocycles. The van der Waals surface area contributed by atoms with E-state index in [9.17, 15) is 10.1 Å². The molecule has 1 heterocycles. The number of rotatable bonds is 13. The zero-order valence-corrected chi connectivity index (χ0v) is 36.9. The van der Waals surface area contributed by atoms with Crippen molar-refractivity contribution >= 4 is 69.3 Å². The summed E-state index contributed by atoms with van der Waals surface area (Å²) in [6, 6.07) is 77.3. The van der Waals surface area contributed by atoms with Gasteiger partial charge in [0.05, 0.1) is 48.2 Å². The van der Waals surface area contributed by atoms with E-state index in [1.165, 1.54) is 6.07 Å². The van der Waals surface area contributed by atoms with Gasteiger partial charge in [0.15, 0.2) is 5.82 Å². The van der Waals surface area contributed by atoms with Crippen LogP contribution in [0.1, 0.15) is 16.8 Å². The molecule has 10 heteroatoms. The molecule has 0 spiro atoms. The van der Waals surface area contributed by atoms with Crippen LogP contribution in [0.4, 0.5) is 17.2 Å². The summed E-state index contributed by atoms with van der Waals surface area (Å²) < 4.78 is 13.6. The molecule has 8 aromatic carbocycles. The number of hydrogen-bond acceptors (Lipinski definition) is 6. The Hall–Kier alpha value is -7.50. The van der Waals surface area contributed by atoms with Crippen LogP contribution in [-0.4, -0.2) is 20.9 Å². The number of aromatic nitrogens is 2. The Morgan fingerprint density at radius 1 is 0.531 bits per heavy atom. The van der Waals surface area contributed by atoms with E-state index in [1.807, 2.05) is 121 Å². The quantitative estimate of drug-likeness (QED) is 0.0499. The fraction of sp³-hybridized carbons (Fsp3) is 0.0370. The Morgan fingerprint density at radius 3 is 1.30 bits per heavy atom. The minimum Gasteiger partial charge on any atom is -0.288 e. The number of aliphatic imine (C=N–C) groups is 1. The SMILES string of the molecule is Cc1nn(-c2ccccc2)c(N=P(c2ccccc2)(c2ccccc2)c2ccccc2)c1C=NCc1ccc([N+](=O)[O-])cc1N=P(c1ccccc1)(c1ccccc1)c1ccccc1. The van der Waals surface area contributed by atoms with Gasteiger partial charge in [-0.15, -0.1) is 0 Å². The highest BCUT2D eigenvalue weighted by Crippen LogP contribution is 2.52. The average Bonchev–Trinajstić information content (AvgIpc) is 3.67. The van der Waals surface area contributed by atoms with Crippen LogP contribution in [0.25, 0.3) is 5.69 Å². The van der Waals surface area contributed by atoms with Crippen LogP contribution in [-0.2, 0) is 6.54 Å². The van der Waals surface area contributed by atoms with Crippen LogP contribution in [0.2, 0.25) is 0 Å². The van der Waals surface area contributed by atoms with E-state index in [-0.39, 0.29) is 17.2 Å². The Kier molecular flexibility index (Phi) is 12.3. The number of nitro benzene ring substituents is 1. The van der Waals surface area contributed by atoms with Crippen molar-refractivity contribution in [3.63, 3.8) is 0 Å². The molecule has 9 aromatic rings. The summed E-state index contributed by atoms with van der Waals surface area (Å²) >= 11 is 0. The second-order valence-electron chi connectivity index (χ2n) is 15.1. The van der Waals surface area contributed by atoms with Crippen molar-refractivity contribution in [1.82, 2.24) is 9.78 Å². The number of hydrogen-bond donors (Lipinski definition) is 0. The molecule has 0 saturated carbocycles. The Balaban J connectivity index is 1.27. The van der Waals surface area contributed by atoms with Crippen LogP contribution in [0.5, 0.6) is 0 Å². The van der Waals surface area contributed by atoms with Gasteiger partial charge in [-0.25, -0.2) is 9.43 Å². The minimum atomic E-state index is -2.77. The number of nitro groups is 1. The fourth-order valence-electron chi connectivity index (χ4n) is 8.06. The monoisotopic (exact) mass is 870 g/mol. The van der Waals surface area contributed by atoms with Crippen molar-refractivity contribution in [3.05, 3.63) is 257 Å². The first-order valence-corrected chi connectivity index (χ1v) is 24.5. The number of para-hydroxylation sites is 1. The zero-order chi connectivity index (χ0) is 43.8. The second-order valence-corrected chi connectivity index (χ2v) is 21.1. The van der Waals surface area contributed by atoms with E-state index in [0.29, 0.717) is 11.5 Å². The molecule has 0 fully saturated rings. The van der Waals surface area contributed by atoms with E-state index in [1.54, 1.807) is 12.1 Å². The minimum absolute atomic E-state index is 0.0390. The Morgan fingerprint density at radius 2 is 0.906 bits per heavy atom. The molecular weight excluding hydrogens is 827 g/mol. The van der Waals surface area contributed by atoms with E-state index >= 15 is 0 Å². The van der Waals surface area contributed by atoms with Gasteiger partial charge in [-0.2, -0.15) is 5.10 Å². The molecule has 0 aliphatic carbocycles. The molecule has 64 heavy (non-hydrogen) atoms. The van der Waals surface area contributed by atoms with Gasteiger partial charge in [-0.1, -0.05) is 200 Å². The first-order chi connectivity index (χ1) is 31.5. The van der Waals surface area contributed by atoms with E-state index in [2.05, 4.69) is 109 Å². The van der Waals surface area contributed by atoms with Gasteiger partial charge >= 0.3 is 0 Å². The first-order valence-electron chi connectivity index (χ1n) is 21.0. The largest absolute Gasteiger partial charge is 0.288 e. The summed E-state index contributed by atoms with van der Waals surface area (Å²) in [5.41, 5.74) is 3.63. The van der Waals surface area contributed by atoms with Crippen molar-refractivity contribution in [2.24, 2.45) is 14.5 Å². The number of aryl methyl sites for hydroxylation is 1. The van der Waals surface area contributed by atoms with Gasteiger partial charge in [0.25, 0.3) is 5.69 Å². The Labute approximate surface area is 373 Å². The van der Waals surface area contributed by atoms with Crippen molar-refractivity contribution in [2.45, 2.75) is 13.5 Å². The summed E-state index contributed by atoms with van der Waals surface area (Å²) in [6.07, 6.45) is 1.86. The molecule has 9 rings (SSSR count). The predicted molar refractivity (Wildman–Crippen MR) is 267 cm³/mol. The molecule has 1 aromatic heterocycles. The maximum absolute atomic E-state index is 12.4. The normalized spacial score (nSPS) is 11.6.